The largest absolute Gasteiger partial charge is 0.312 e. The van der Waals surface area contributed by atoms with E-state index >= 15 is 0 Å². The van der Waals surface area contributed by atoms with E-state index in [0.717, 1.165) is 36.3 Å². The Morgan fingerprint density at radius 2 is 1.62 bits per heavy atom. The molecule has 2 aliphatic rings. The van der Waals surface area contributed by atoms with Crippen LogP contribution in [-0.4, -0.2) is 18.4 Å². The number of carbonyl (C=O) groups excluding carboxylic acids is 2. The number of imide groups is 1. The van der Waals surface area contributed by atoms with Gasteiger partial charge in [0.25, 0.3) is 11.8 Å². The van der Waals surface area contributed by atoms with Crippen LogP contribution in [0.15, 0.2) is 42.5 Å². The quantitative estimate of drug-likeness (QED) is 0.813. The molecule has 2 amide bonds. The predicted octanol–water partition coefficient (Wildman–Crippen LogP) is 2.13. The maximum atomic E-state index is 12.6. The maximum absolute atomic E-state index is 12.6. The van der Waals surface area contributed by atoms with Crippen molar-refractivity contribution in [2.24, 2.45) is 0 Å². The minimum Gasteiger partial charge on any atom is -0.312 e. The Morgan fingerprint density at radius 1 is 0.905 bits per heavy atom. The summed E-state index contributed by atoms with van der Waals surface area (Å²) in [5.41, 5.74) is 3.99. The molecule has 2 aliphatic heterocycles. The second-order valence-electron chi connectivity index (χ2n) is 5.33. The van der Waals surface area contributed by atoms with E-state index in [0.29, 0.717) is 11.1 Å². The van der Waals surface area contributed by atoms with Crippen molar-refractivity contribution >= 4 is 17.5 Å². The van der Waals surface area contributed by atoms with Gasteiger partial charge in [-0.25, -0.2) is 4.90 Å². The molecule has 0 bridgehead atoms. The number of fused-ring (bicyclic) bond motifs is 2. The average Bonchev–Trinajstić information content (AvgIpc) is 2.79. The molecule has 0 radical (unpaired) electrons. The lowest BCUT2D eigenvalue weighted by Gasteiger charge is -2.24. The van der Waals surface area contributed by atoms with E-state index in [4.69, 9.17) is 0 Å². The molecule has 4 heteroatoms. The molecule has 0 unspecified atom stereocenters. The minimum atomic E-state index is -0.220. The standard InChI is InChI=1S/C17H14N2O2/c20-16-13-5-1-2-6-14(13)17(21)19(16)15-7-3-4-11-10-18-9-8-12(11)15/h1-7,18H,8-10H2. The summed E-state index contributed by atoms with van der Waals surface area (Å²) in [6.45, 7) is 1.65. The van der Waals surface area contributed by atoms with E-state index in [1.165, 1.54) is 4.90 Å². The van der Waals surface area contributed by atoms with Gasteiger partial charge in [-0.3, -0.25) is 9.59 Å². The van der Waals surface area contributed by atoms with Crippen molar-refractivity contribution in [3.8, 4) is 0 Å². The number of amides is 2. The van der Waals surface area contributed by atoms with E-state index in [2.05, 4.69) is 5.32 Å². The molecule has 2 heterocycles. The summed E-state index contributed by atoms with van der Waals surface area (Å²) in [5.74, 6) is -0.440. The second-order valence-corrected chi connectivity index (χ2v) is 5.33. The van der Waals surface area contributed by atoms with Crippen LogP contribution in [0.4, 0.5) is 5.69 Å². The third-order valence-electron chi connectivity index (χ3n) is 4.15. The Kier molecular flexibility index (Phi) is 2.65. The fourth-order valence-electron chi connectivity index (χ4n) is 3.13. The van der Waals surface area contributed by atoms with Crippen molar-refractivity contribution in [2.75, 3.05) is 11.4 Å². The number of benzene rings is 2. The van der Waals surface area contributed by atoms with E-state index < -0.39 is 0 Å². The zero-order chi connectivity index (χ0) is 14.4. The van der Waals surface area contributed by atoms with Crippen LogP contribution in [0.25, 0.3) is 0 Å². The van der Waals surface area contributed by atoms with Gasteiger partial charge in [0.2, 0.25) is 0 Å². The number of nitrogens with one attached hydrogen (secondary N) is 1. The van der Waals surface area contributed by atoms with Crippen molar-refractivity contribution in [1.82, 2.24) is 5.32 Å². The summed E-state index contributed by atoms with van der Waals surface area (Å²) < 4.78 is 0. The van der Waals surface area contributed by atoms with Crippen LogP contribution in [0.5, 0.6) is 0 Å². The number of hydrogen-bond donors (Lipinski definition) is 1. The van der Waals surface area contributed by atoms with Gasteiger partial charge in [0.15, 0.2) is 0 Å². The Labute approximate surface area is 122 Å². The molecule has 0 fully saturated rings. The molecular formula is C17H14N2O2. The first-order chi connectivity index (χ1) is 10.3. The Balaban J connectivity index is 1.86. The molecular weight excluding hydrogens is 264 g/mol. The van der Waals surface area contributed by atoms with Crippen molar-refractivity contribution in [1.29, 1.82) is 0 Å². The van der Waals surface area contributed by atoms with Crippen molar-refractivity contribution in [3.05, 3.63) is 64.7 Å². The SMILES string of the molecule is O=C1c2ccccc2C(=O)N1c1cccc2c1CCNC2. The molecule has 0 atom stereocenters. The highest BCUT2D eigenvalue weighted by Gasteiger charge is 2.37. The lowest BCUT2D eigenvalue weighted by molar-refractivity contribution is 0.0926. The van der Waals surface area contributed by atoms with E-state index in [1.807, 2.05) is 18.2 Å². The Bertz CT molecular complexity index is 732. The molecule has 21 heavy (non-hydrogen) atoms. The topological polar surface area (TPSA) is 49.4 Å². The zero-order valence-corrected chi connectivity index (χ0v) is 11.4. The van der Waals surface area contributed by atoms with Gasteiger partial charge in [0.05, 0.1) is 16.8 Å². The molecule has 0 aromatic heterocycles. The van der Waals surface area contributed by atoms with Gasteiger partial charge in [0, 0.05) is 6.54 Å². The van der Waals surface area contributed by atoms with Crippen molar-refractivity contribution in [2.45, 2.75) is 13.0 Å². The number of anilines is 1. The first-order valence-corrected chi connectivity index (χ1v) is 7.06. The van der Waals surface area contributed by atoms with Crippen LogP contribution in [0.1, 0.15) is 31.8 Å². The Morgan fingerprint density at radius 3 is 2.33 bits per heavy atom. The van der Waals surface area contributed by atoms with Crippen molar-refractivity contribution < 1.29 is 9.59 Å². The van der Waals surface area contributed by atoms with Crippen LogP contribution in [0, 0.1) is 0 Å². The molecule has 4 nitrogen and oxygen atoms in total. The summed E-state index contributed by atoms with van der Waals surface area (Å²) in [5, 5.41) is 3.31. The molecule has 0 aliphatic carbocycles. The highest BCUT2D eigenvalue weighted by molar-refractivity contribution is 6.34. The Hall–Kier alpha value is -2.46. The molecule has 104 valence electrons. The third kappa shape index (κ3) is 1.73. The van der Waals surface area contributed by atoms with Gasteiger partial charge in [0.1, 0.15) is 0 Å². The maximum Gasteiger partial charge on any atom is 0.266 e. The molecule has 2 aromatic rings. The first kappa shape index (κ1) is 12.3. The van der Waals surface area contributed by atoms with Crippen LogP contribution in [-0.2, 0) is 13.0 Å². The summed E-state index contributed by atoms with van der Waals surface area (Å²) in [7, 11) is 0. The fourth-order valence-corrected chi connectivity index (χ4v) is 3.13. The summed E-state index contributed by atoms with van der Waals surface area (Å²) in [6.07, 6.45) is 0.832. The van der Waals surface area contributed by atoms with Crippen LogP contribution >= 0.6 is 0 Å². The number of hydrogen-bond acceptors (Lipinski definition) is 3. The van der Waals surface area contributed by atoms with Gasteiger partial charge in [-0.1, -0.05) is 24.3 Å². The van der Waals surface area contributed by atoms with Crippen LogP contribution in [0.2, 0.25) is 0 Å². The highest BCUT2D eigenvalue weighted by Crippen LogP contribution is 2.33. The lowest BCUT2D eigenvalue weighted by Crippen LogP contribution is -2.33. The molecule has 1 N–H and O–H groups in total. The molecule has 0 saturated carbocycles. The van der Waals surface area contributed by atoms with Gasteiger partial charge >= 0.3 is 0 Å². The number of rotatable bonds is 1. The number of carbonyl (C=O) groups is 2. The van der Waals surface area contributed by atoms with Crippen molar-refractivity contribution in [3.63, 3.8) is 0 Å². The van der Waals surface area contributed by atoms with Gasteiger partial charge in [-0.15, -0.1) is 0 Å². The molecule has 2 aromatic carbocycles. The van der Waals surface area contributed by atoms with Crippen LogP contribution < -0.4 is 10.2 Å². The van der Waals surface area contributed by atoms with Gasteiger partial charge in [-0.05, 0) is 42.3 Å². The lowest BCUT2D eigenvalue weighted by atomic mass is 9.98. The summed E-state index contributed by atoms with van der Waals surface area (Å²) >= 11 is 0. The van der Waals surface area contributed by atoms with Gasteiger partial charge < -0.3 is 5.32 Å². The zero-order valence-electron chi connectivity index (χ0n) is 11.4. The minimum absolute atomic E-state index is 0.220. The third-order valence-corrected chi connectivity index (χ3v) is 4.15. The van der Waals surface area contributed by atoms with E-state index in [9.17, 15) is 9.59 Å². The predicted molar refractivity (Wildman–Crippen MR) is 79.4 cm³/mol. The normalized spacial score (nSPS) is 16.9. The second kappa shape index (κ2) is 4.53. The van der Waals surface area contributed by atoms with Gasteiger partial charge in [-0.2, -0.15) is 0 Å². The van der Waals surface area contributed by atoms with E-state index in [-0.39, 0.29) is 11.8 Å². The highest BCUT2D eigenvalue weighted by atomic mass is 16.2. The van der Waals surface area contributed by atoms with Crippen LogP contribution in [0.3, 0.4) is 0 Å². The smallest absolute Gasteiger partial charge is 0.266 e. The number of nitrogens with zero attached hydrogens (tertiary/aromatic N) is 1. The monoisotopic (exact) mass is 278 g/mol. The fraction of sp³-hybridized carbons (Fsp3) is 0.176. The summed E-state index contributed by atoms with van der Waals surface area (Å²) in [6, 6.07) is 12.8. The molecule has 4 rings (SSSR count). The first-order valence-electron chi connectivity index (χ1n) is 7.06. The summed E-state index contributed by atoms with van der Waals surface area (Å²) in [4.78, 5) is 26.5. The molecule has 0 spiro atoms. The average molecular weight is 278 g/mol. The molecule has 0 saturated heterocycles. The van der Waals surface area contributed by atoms with E-state index in [1.54, 1.807) is 24.3 Å².